The summed E-state index contributed by atoms with van der Waals surface area (Å²) in [5.74, 6) is 3.47. The molecule has 0 spiro atoms. The topological polar surface area (TPSA) is 61.0 Å². The van der Waals surface area contributed by atoms with Crippen LogP contribution in [0.15, 0.2) is 35.1 Å². The van der Waals surface area contributed by atoms with Crippen LogP contribution < -0.4 is 10.9 Å². The third kappa shape index (κ3) is 4.37. The minimum absolute atomic E-state index is 0.0644. The Morgan fingerprint density at radius 1 is 1.19 bits per heavy atom. The first kappa shape index (κ1) is 17.8. The molecule has 138 valence electrons. The van der Waals surface area contributed by atoms with E-state index in [-0.39, 0.29) is 5.56 Å². The maximum Gasteiger partial charge on any atom is 0.251 e. The minimum Gasteiger partial charge on any atom is -0.316 e. The van der Waals surface area contributed by atoms with Crippen molar-refractivity contribution in [2.45, 2.75) is 25.3 Å². The van der Waals surface area contributed by atoms with Crippen LogP contribution in [0.4, 0.5) is 0 Å². The van der Waals surface area contributed by atoms with Crippen LogP contribution >= 0.6 is 11.8 Å². The average molecular weight is 371 g/mol. The molecule has 6 heteroatoms. The molecule has 0 radical (unpaired) electrons. The Balaban J connectivity index is 1.51. The summed E-state index contributed by atoms with van der Waals surface area (Å²) in [6.45, 7) is 5.29. The Kier molecular flexibility index (Phi) is 5.72. The second-order valence-electron chi connectivity index (χ2n) is 7.15. The molecule has 1 unspecified atom stereocenters. The molecule has 3 heterocycles. The van der Waals surface area contributed by atoms with E-state index in [0.717, 1.165) is 43.7 Å². The molecule has 2 aliphatic heterocycles. The quantitative estimate of drug-likeness (QED) is 0.866. The van der Waals surface area contributed by atoms with Gasteiger partial charge < -0.3 is 10.3 Å². The molecular weight excluding hydrogens is 344 g/mol. The van der Waals surface area contributed by atoms with E-state index in [9.17, 15) is 4.79 Å². The summed E-state index contributed by atoms with van der Waals surface area (Å²) in [6, 6.07) is 10.1. The van der Waals surface area contributed by atoms with E-state index in [1.165, 1.54) is 30.2 Å². The van der Waals surface area contributed by atoms with Crippen LogP contribution in [0.1, 0.15) is 30.0 Å². The lowest BCUT2D eigenvalue weighted by molar-refractivity contribution is 0.294. The van der Waals surface area contributed by atoms with Gasteiger partial charge in [0, 0.05) is 55.2 Å². The van der Waals surface area contributed by atoms with Crippen molar-refractivity contribution in [3.05, 3.63) is 51.9 Å². The van der Waals surface area contributed by atoms with Crippen molar-refractivity contribution in [2.75, 3.05) is 37.7 Å². The molecule has 4 rings (SSSR count). The molecule has 2 saturated heterocycles. The number of benzene rings is 1. The molecule has 2 fully saturated rings. The number of hydrogen-bond donors (Lipinski definition) is 2. The van der Waals surface area contributed by atoms with Crippen molar-refractivity contribution in [1.82, 2.24) is 20.2 Å². The van der Waals surface area contributed by atoms with E-state index in [1.807, 2.05) is 11.8 Å². The Morgan fingerprint density at radius 2 is 2.00 bits per heavy atom. The molecule has 0 bridgehead atoms. The van der Waals surface area contributed by atoms with Crippen LogP contribution in [0.2, 0.25) is 0 Å². The summed E-state index contributed by atoms with van der Waals surface area (Å²) >= 11 is 2.04. The monoisotopic (exact) mass is 370 g/mol. The molecule has 5 nitrogen and oxygen atoms in total. The number of nitrogens with one attached hydrogen (secondary N) is 2. The SMILES string of the molecule is O=c1cc(C2CCCNC2)nc(-c2ccc(CN3CCSCC3)cc2)[nH]1. The van der Waals surface area contributed by atoms with Gasteiger partial charge in [-0.1, -0.05) is 24.3 Å². The largest absolute Gasteiger partial charge is 0.316 e. The molecule has 0 aliphatic carbocycles. The maximum absolute atomic E-state index is 12.1. The number of nitrogens with zero attached hydrogens (tertiary/aromatic N) is 2. The predicted molar refractivity (Wildman–Crippen MR) is 108 cm³/mol. The normalized spacial score (nSPS) is 21.6. The highest BCUT2D eigenvalue weighted by molar-refractivity contribution is 7.99. The standard InChI is InChI=1S/C20H26N4OS/c25-19-12-18(17-2-1-7-21-13-17)22-20(23-19)16-5-3-15(4-6-16)14-24-8-10-26-11-9-24/h3-6,12,17,21H,1-2,7-11,13-14H2,(H,22,23,25). The lowest BCUT2D eigenvalue weighted by atomic mass is 9.96. The second kappa shape index (κ2) is 8.37. The van der Waals surface area contributed by atoms with Crippen molar-refractivity contribution in [2.24, 2.45) is 0 Å². The summed E-state index contributed by atoms with van der Waals surface area (Å²) in [5.41, 5.74) is 3.14. The highest BCUT2D eigenvalue weighted by Gasteiger charge is 2.18. The van der Waals surface area contributed by atoms with E-state index in [2.05, 4.69) is 39.5 Å². The van der Waals surface area contributed by atoms with Crippen molar-refractivity contribution >= 4 is 11.8 Å². The fourth-order valence-corrected chi connectivity index (χ4v) is 4.69. The van der Waals surface area contributed by atoms with Gasteiger partial charge in [0.2, 0.25) is 0 Å². The van der Waals surface area contributed by atoms with Crippen molar-refractivity contribution in [3.63, 3.8) is 0 Å². The van der Waals surface area contributed by atoms with Crippen molar-refractivity contribution in [3.8, 4) is 11.4 Å². The number of H-pyrrole nitrogens is 1. The second-order valence-corrected chi connectivity index (χ2v) is 8.37. The molecule has 2 aromatic rings. The fraction of sp³-hybridized carbons (Fsp3) is 0.500. The lowest BCUT2D eigenvalue weighted by Gasteiger charge is -2.26. The van der Waals surface area contributed by atoms with Crippen molar-refractivity contribution in [1.29, 1.82) is 0 Å². The van der Waals surface area contributed by atoms with E-state index >= 15 is 0 Å². The van der Waals surface area contributed by atoms with Crippen LogP contribution in [0.3, 0.4) is 0 Å². The number of thioether (sulfide) groups is 1. The van der Waals surface area contributed by atoms with Gasteiger partial charge in [0.25, 0.3) is 5.56 Å². The average Bonchev–Trinajstić information content (AvgIpc) is 2.70. The zero-order valence-corrected chi connectivity index (χ0v) is 15.9. The first-order chi connectivity index (χ1) is 12.8. The predicted octanol–water partition coefficient (Wildman–Crippen LogP) is 2.45. The van der Waals surface area contributed by atoms with Crippen LogP contribution in [-0.4, -0.2) is 52.6 Å². The molecule has 0 saturated carbocycles. The summed E-state index contributed by atoms with van der Waals surface area (Å²) in [5, 5.41) is 3.40. The molecule has 2 N–H and O–H groups in total. The van der Waals surface area contributed by atoms with Crippen LogP contribution in [-0.2, 0) is 6.54 Å². The van der Waals surface area contributed by atoms with Gasteiger partial charge in [-0.25, -0.2) is 4.98 Å². The molecule has 0 amide bonds. The fourth-order valence-electron chi connectivity index (χ4n) is 3.71. The van der Waals surface area contributed by atoms with E-state index in [4.69, 9.17) is 4.98 Å². The molecule has 26 heavy (non-hydrogen) atoms. The minimum atomic E-state index is -0.0644. The van der Waals surface area contributed by atoms with Gasteiger partial charge in [-0.3, -0.25) is 9.69 Å². The van der Waals surface area contributed by atoms with Gasteiger partial charge in [-0.05, 0) is 24.9 Å². The van der Waals surface area contributed by atoms with Gasteiger partial charge in [-0.2, -0.15) is 11.8 Å². The van der Waals surface area contributed by atoms with E-state index in [0.29, 0.717) is 11.7 Å². The summed E-state index contributed by atoms with van der Waals surface area (Å²) in [4.78, 5) is 22.3. The Labute approximate surface area is 158 Å². The third-order valence-electron chi connectivity index (χ3n) is 5.21. The van der Waals surface area contributed by atoms with Crippen LogP contribution in [0.5, 0.6) is 0 Å². The van der Waals surface area contributed by atoms with Crippen LogP contribution in [0.25, 0.3) is 11.4 Å². The zero-order valence-electron chi connectivity index (χ0n) is 15.0. The molecule has 1 aromatic carbocycles. The summed E-state index contributed by atoms with van der Waals surface area (Å²) < 4.78 is 0. The van der Waals surface area contributed by atoms with Crippen molar-refractivity contribution < 1.29 is 0 Å². The van der Waals surface area contributed by atoms with Gasteiger partial charge in [-0.15, -0.1) is 0 Å². The molecule has 1 aromatic heterocycles. The lowest BCUT2D eigenvalue weighted by Crippen LogP contribution is -2.31. The first-order valence-corrected chi connectivity index (χ1v) is 10.6. The van der Waals surface area contributed by atoms with Gasteiger partial charge in [0.1, 0.15) is 5.82 Å². The zero-order chi connectivity index (χ0) is 17.8. The number of hydrogen-bond acceptors (Lipinski definition) is 5. The highest BCUT2D eigenvalue weighted by Crippen LogP contribution is 2.23. The highest BCUT2D eigenvalue weighted by atomic mass is 32.2. The molecular formula is C20H26N4OS. The van der Waals surface area contributed by atoms with E-state index in [1.54, 1.807) is 6.07 Å². The third-order valence-corrected chi connectivity index (χ3v) is 6.16. The molecule has 2 aliphatic rings. The van der Waals surface area contributed by atoms with Crippen LogP contribution in [0, 0.1) is 0 Å². The Bertz CT molecular complexity index is 777. The van der Waals surface area contributed by atoms with Gasteiger partial charge in [0.15, 0.2) is 0 Å². The first-order valence-electron chi connectivity index (χ1n) is 9.49. The smallest absolute Gasteiger partial charge is 0.251 e. The number of piperidine rings is 1. The van der Waals surface area contributed by atoms with Gasteiger partial charge >= 0.3 is 0 Å². The number of aromatic nitrogens is 2. The summed E-state index contributed by atoms with van der Waals surface area (Å²) in [7, 11) is 0. The number of rotatable bonds is 4. The van der Waals surface area contributed by atoms with E-state index < -0.39 is 0 Å². The maximum atomic E-state index is 12.1. The van der Waals surface area contributed by atoms with Gasteiger partial charge in [0.05, 0.1) is 5.69 Å². The Morgan fingerprint density at radius 3 is 2.73 bits per heavy atom. The molecule has 1 atom stereocenters. The summed E-state index contributed by atoms with van der Waals surface area (Å²) in [6.07, 6.45) is 2.23. The number of aromatic amines is 1. The Hall–Kier alpha value is -1.63.